The number of alkyl halides is 3. The van der Waals surface area contributed by atoms with Crippen molar-refractivity contribution in [2.24, 2.45) is 5.92 Å². The topological polar surface area (TPSA) is 76.0 Å². The Bertz CT molecular complexity index is 965. The van der Waals surface area contributed by atoms with Gasteiger partial charge in [0.25, 0.3) is 0 Å². The number of aromatic nitrogens is 2. The van der Waals surface area contributed by atoms with Crippen LogP contribution in [0.3, 0.4) is 0 Å². The summed E-state index contributed by atoms with van der Waals surface area (Å²) in [6.07, 6.45) is 0.166. The molecule has 2 aliphatic heterocycles. The van der Waals surface area contributed by atoms with Crippen LogP contribution >= 0.6 is 0 Å². The van der Waals surface area contributed by atoms with Gasteiger partial charge in [-0.15, -0.1) is 0 Å². The average molecular weight is 471 g/mol. The summed E-state index contributed by atoms with van der Waals surface area (Å²) in [7, 11) is 1.86. The van der Waals surface area contributed by atoms with Crippen LogP contribution in [0.2, 0.25) is 0 Å². The van der Waals surface area contributed by atoms with Gasteiger partial charge < -0.3 is 9.80 Å². The Morgan fingerprint density at radius 1 is 1.27 bits per heavy atom. The van der Waals surface area contributed by atoms with Crippen LogP contribution in [0.1, 0.15) is 41.5 Å². The number of carbonyl (C=O) groups is 1. The minimum atomic E-state index is -4.95. The first-order valence-electron chi connectivity index (χ1n) is 10.4. The molecule has 2 aliphatic rings. The lowest BCUT2D eigenvalue weighted by Crippen LogP contribution is -2.32. The lowest BCUT2D eigenvalue weighted by atomic mass is 9.85. The van der Waals surface area contributed by atoms with Crippen LogP contribution in [0.15, 0.2) is 35.5 Å². The second-order valence-corrected chi connectivity index (χ2v) is 7.88. The molecule has 0 unspecified atom stereocenters. The quantitative estimate of drug-likeness (QED) is 0.301. The number of aldehydes is 1. The van der Waals surface area contributed by atoms with E-state index in [4.69, 9.17) is 5.26 Å². The van der Waals surface area contributed by atoms with Gasteiger partial charge in [0, 0.05) is 24.2 Å². The maximum absolute atomic E-state index is 13.7. The molecular formula is C22H26F5N5O. The van der Waals surface area contributed by atoms with Crippen LogP contribution in [-0.2, 0) is 13.0 Å². The van der Waals surface area contributed by atoms with E-state index in [9.17, 15) is 26.7 Å². The van der Waals surface area contributed by atoms with Crippen LogP contribution in [0.25, 0.3) is 0 Å². The zero-order chi connectivity index (χ0) is 24.8. The van der Waals surface area contributed by atoms with Crippen molar-refractivity contribution >= 4 is 6.29 Å². The number of nitriles is 1. The van der Waals surface area contributed by atoms with Gasteiger partial charge in [-0.1, -0.05) is 6.58 Å². The predicted octanol–water partition coefficient (Wildman–Crippen LogP) is 4.60. The minimum Gasteiger partial charge on any atom is -0.306 e. The molecule has 11 heteroatoms. The smallest absolute Gasteiger partial charge is 0.306 e. The largest absolute Gasteiger partial charge is 0.419 e. The number of nitrogens with one attached hydrogen (secondary N) is 1. The summed E-state index contributed by atoms with van der Waals surface area (Å²) >= 11 is 0. The van der Waals surface area contributed by atoms with E-state index < -0.39 is 29.3 Å². The summed E-state index contributed by atoms with van der Waals surface area (Å²) in [5.74, 6) is -3.85. The summed E-state index contributed by atoms with van der Waals surface area (Å²) in [6.45, 7) is 6.94. The van der Waals surface area contributed by atoms with Crippen LogP contribution in [0.5, 0.6) is 0 Å². The van der Waals surface area contributed by atoms with Gasteiger partial charge in [-0.3, -0.25) is 9.89 Å². The van der Waals surface area contributed by atoms with E-state index >= 15 is 0 Å². The molecule has 1 fully saturated rings. The molecule has 0 spiro atoms. The lowest BCUT2D eigenvalue weighted by molar-refractivity contribution is -0.0921. The highest BCUT2D eigenvalue weighted by Gasteiger charge is 2.41. The number of hydrogen-bond donors (Lipinski definition) is 1. The third-order valence-electron chi connectivity index (χ3n) is 5.72. The summed E-state index contributed by atoms with van der Waals surface area (Å²) in [6, 6.07) is 0. The van der Waals surface area contributed by atoms with Crippen molar-refractivity contribution in [1.29, 1.82) is 5.26 Å². The fourth-order valence-electron chi connectivity index (χ4n) is 3.75. The van der Waals surface area contributed by atoms with E-state index in [0.29, 0.717) is 50.8 Å². The molecule has 0 bridgehead atoms. The molecule has 0 atom stereocenters. The van der Waals surface area contributed by atoms with Gasteiger partial charge in [-0.05, 0) is 57.5 Å². The van der Waals surface area contributed by atoms with E-state index in [1.165, 1.54) is 0 Å². The molecule has 0 radical (unpaired) electrons. The molecule has 1 saturated heterocycles. The SMILES string of the molecule is C=C(/C(=C(F)\C(F)=C/C)C(F)(F)F)C1CCN(C)CC1.N#CN1CCc2[nH]nc(C=O)c2C1. The standard InChI is InChI=1S/C14H18F5N.C8H8N4O/c1-4-11(15)13(16)12(14(17,18)19)9(2)10-5-7-20(3)8-6-10;9-5-12-2-1-7-6(3-12)8(4-13)11-10-7/h4,10H,2,5-8H2,1,3H3;4H,1-3H2,(H,10,11)/b11-4+,13-12-;. The maximum atomic E-state index is 13.7. The minimum absolute atomic E-state index is 0.361. The van der Waals surface area contributed by atoms with Crippen LogP contribution in [-0.4, -0.2) is 59.1 Å². The Morgan fingerprint density at radius 2 is 1.91 bits per heavy atom. The van der Waals surface area contributed by atoms with Crippen molar-refractivity contribution < 1.29 is 26.7 Å². The fourth-order valence-corrected chi connectivity index (χ4v) is 3.75. The zero-order valence-electron chi connectivity index (χ0n) is 18.5. The molecule has 0 aromatic carbocycles. The highest BCUT2D eigenvalue weighted by atomic mass is 19.4. The molecule has 0 saturated carbocycles. The second-order valence-electron chi connectivity index (χ2n) is 7.88. The van der Waals surface area contributed by atoms with E-state index in [0.717, 1.165) is 30.9 Å². The van der Waals surface area contributed by atoms with Gasteiger partial charge in [-0.25, -0.2) is 8.78 Å². The van der Waals surface area contributed by atoms with Crippen LogP contribution in [0.4, 0.5) is 22.0 Å². The van der Waals surface area contributed by atoms with Gasteiger partial charge in [0.15, 0.2) is 24.1 Å². The molecule has 1 aromatic heterocycles. The van der Waals surface area contributed by atoms with Crippen molar-refractivity contribution in [2.75, 3.05) is 26.7 Å². The van der Waals surface area contributed by atoms with Gasteiger partial charge in [-0.2, -0.15) is 23.5 Å². The average Bonchev–Trinajstić information content (AvgIpc) is 3.20. The molecule has 1 N–H and O–H groups in total. The molecule has 3 heterocycles. The summed E-state index contributed by atoms with van der Waals surface area (Å²) in [4.78, 5) is 14.1. The summed E-state index contributed by atoms with van der Waals surface area (Å²) < 4.78 is 65.8. The molecule has 180 valence electrons. The first-order valence-corrected chi connectivity index (χ1v) is 10.4. The van der Waals surface area contributed by atoms with Crippen LogP contribution < -0.4 is 0 Å². The van der Waals surface area contributed by atoms with Crippen LogP contribution in [0, 0.1) is 17.4 Å². The number of allylic oxidation sites excluding steroid dienone is 5. The number of piperidine rings is 1. The highest BCUT2D eigenvalue weighted by Crippen LogP contribution is 2.41. The second kappa shape index (κ2) is 11.2. The van der Waals surface area contributed by atoms with Crippen molar-refractivity contribution in [3.8, 4) is 6.19 Å². The summed E-state index contributed by atoms with van der Waals surface area (Å²) in [5.41, 5.74) is 0.342. The number of nitrogens with zero attached hydrogens (tertiary/aromatic N) is 4. The van der Waals surface area contributed by atoms with E-state index in [1.807, 2.05) is 11.9 Å². The Hall–Kier alpha value is -3.00. The van der Waals surface area contributed by atoms with Gasteiger partial charge in [0.05, 0.1) is 12.1 Å². The molecule has 6 nitrogen and oxygen atoms in total. The third kappa shape index (κ3) is 6.51. The predicted molar refractivity (Wildman–Crippen MR) is 112 cm³/mol. The first-order chi connectivity index (χ1) is 15.5. The number of H-pyrrole nitrogens is 1. The van der Waals surface area contributed by atoms with E-state index in [-0.39, 0.29) is 5.57 Å². The number of fused-ring (bicyclic) bond motifs is 1. The number of carbonyl (C=O) groups excluding carboxylic acids is 1. The van der Waals surface area contributed by atoms with Crippen molar-refractivity contribution in [3.63, 3.8) is 0 Å². The monoisotopic (exact) mass is 471 g/mol. The number of likely N-dealkylation sites (tertiary alicyclic amines) is 1. The third-order valence-corrected chi connectivity index (χ3v) is 5.72. The maximum Gasteiger partial charge on any atom is 0.419 e. The molecule has 0 amide bonds. The molecule has 33 heavy (non-hydrogen) atoms. The molecular weight excluding hydrogens is 445 g/mol. The number of hydrogen-bond acceptors (Lipinski definition) is 5. The Labute approximate surface area is 189 Å². The summed E-state index contributed by atoms with van der Waals surface area (Å²) in [5, 5.41) is 15.3. The first kappa shape index (κ1) is 26.3. The molecule has 3 rings (SSSR count). The van der Waals surface area contributed by atoms with E-state index in [2.05, 4.69) is 23.0 Å². The Kier molecular flexibility index (Phi) is 8.93. The number of halogens is 5. The number of aromatic amines is 1. The molecule has 0 aliphatic carbocycles. The van der Waals surface area contributed by atoms with Gasteiger partial charge in [0.1, 0.15) is 5.69 Å². The zero-order valence-corrected chi connectivity index (χ0v) is 18.5. The molecule has 1 aromatic rings. The lowest BCUT2D eigenvalue weighted by Gasteiger charge is -2.31. The van der Waals surface area contributed by atoms with Gasteiger partial charge in [0.2, 0.25) is 0 Å². The van der Waals surface area contributed by atoms with Crippen molar-refractivity contribution in [2.45, 2.75) is 38.9 Å². The highest BCUT2D eigenvalue weighted by molar-refractivity contribution is 5.74. The normalized spacial score (nSPS) is 18.5. The van der Waals surface area contributed by atoms with E-state index in [1.54, 1.807) is 4.90 Å². The van der Waals surface area contributed by atoms with Crippen molar-refractivity contribution in [3.05, 3.63) is 52.4 Å². The van der Waals surface area contributed by atoms with Crippen molar-refractivity contribution in [1.82, 2.24) is 20.0 Å². The Morgan fingerprint density at radius 3 is 2.42 bits per heavy atom. The number of rotatable bonds is 4. The van der Waals surface area contributed by atoms with Gasteiger partial charge >= 0.3 is 6.18 Å². The fraction of sp³-hybridized carbons (Fsp3) is 0.500. The Balaban J connectivity index is 0.000000254.